The van der Waals surface area contributed by atoms with Crippen molar-refractivity contribution in [1.82, 2.24) is 9.97 Å². The molecular formula is C19H17F3N4. The highest BCUT2D eigenvalue weighted by molar-refractivity contribution is 5.56. The second kappa shape index (κ2) is 7.86. The van der Waals surface area contributed by atoms with Crippen molar-refractivity contribution in [2.24, 2.45) is 0 Å². The summed E-state index contributed by atoms with van der Waals surface area (Å²) < 4.78 is 38.3. The third-order valence-corrected chi connectivity index (χ3v) is 3.66. The molecule has 0 fully saturated rings. The Morgan fingerprint density at radius 1 is 0.923 bits per heavy atom. The lowest BCUT2D eigenvalue weighted by Crippen LogP contribution is -2.08. The molecule has 0 bridgehead atoms. The van der Waals surface area contributed by atoms with Gasteiger partial charge in [-0.3, -0.25) is 0 Å². The number of nitrogens with zero attached hydrogens (tertiary/aromatic N) is 2. The minimum absolute atomic E-state index is 0.231. The van der Waals surface area contributed by atoms with Gasteiger partial charge in [-0.05, 0) is 36.2 Å². The molecule has 134 valence electrons. The average Bonchev–Trinajstić information content (AvgIpc) is 2.63. The van der Waals surface area contributed by atoms with Crippen LogP contribution in [-0.4, -0.2) is 16.5 Å². The summed E-state index contributed by atoms with van der Waals surface area (Å²) in [6.07, 6.45) is -2.01. The number of anilines is 3. The van der Waals surface area contributed by atoms with Crippen LogP contribution in [0.4, 0.5) is 30.6 Å². The van der Waals surface area contributed by atoms with Crippen LogP contribution in [0.1, 0.15) is 11.1 Å². The van der Waals surface area contributed by atoms with Gasteiger partial charge in [-0.25, -0.2) is 4.98 Å². The Kier molecular flexibility index (Phi) is 5.36. The monoisotopic (exact) mass is 358 g/mol. The van der Waals surface area contributed by atoms with E-state index >= 15 is 0 Å². The zero-order chi connectivity index (χ0) is 18.4. The van der Waals surface area contributed by atoms with Crippen molar-refractivity contribution >= 4 is 17.5 Å². The number of rotatable bonds is 6. The van der Waals surface area contributed by atoms with Crippen LogP contribution in [0.25, 0.3) is 0 Å². The minimum atomic E-state index is -4.39. The normalized spacial score (nSPS) is 11.2. The molecular weight excluding hydrogens is 341 g/mol. The lowest BCUT2D eigenvalue weighted by atomic mass is 10.1. The van der Waals surface area contributed by atoms with Crippen LogP contribution in [0.5, 0.6) is 0 Å². The number of halogens is 3. The zero-order valence-corrected chi connectivity index (χ0v) is 13.8. The lowest BCUT2D eigenvalue weighted by Gasteiger charge is -2.11. The van der Waals surface area contributed by atoms with E-state index in [1.807, 2.05) is 30.3 Å². The molecule has 0 amide bonds. The maximum absolute atomic E-state index is 12.8. The van der Waals surface area contributed by atoms with Gasteiger partial charge in [0.15, 0.2) is 0 Å². The largest absolute Gasteiger partial charge is 0.416 e. The minimum Gasteiger partial charge on any atom is -0.370 e. The SMILES string of the molecule is FC(F)(F)c1cccc(Nc2nccc(NCCc3ccccc3)n2)c1. The summed E-state index contributed by atoms with van der Waals surface area (Å²) in [4.78, 5) is 8.33. The van der Waals surface area contributed by atoms with Gasteiger partial charge in [0.2, 0.25) is 5.95 Å². The first kappa shape index (κ1) is 17.7. The molecule has 0 aliphatic carbocycles. The van der Waals surface area contributed by atoms with E-state index in [2.05, 4.69) is 20.6 Å². The maximum atomic E-state index is 12.8. The van der Waals surface area contributed by atoms with E-state index in [9.17, 15) is 13.2 Å². The van der Waals surface area contributed by atoms with Crippen molar-refractivity contribution < 1.29 is 13.2 Å². The average molecular weight is 358 g/mol. The van der Waals surface area contributed by atoms with Crippen LogP contribution < -0.4 is 10.6 Å². The summed E-state index contributed by atoms with van der Waals surface area (Å²) in [7, 11) is 0. The molecule has 0 atom stereocenters. The van der Waals surface area contributed by atoms with Crippen LogP contribution in [0.15, 0.2) is 66.9 Å². The molecule has 3 aromatic rings. The molecule has 0 unspecified atom stereocenters. The second-order valence-corrected chi connectivity index (χ2v) is 5.63. The van der Waals surface area contributed by atoms with E-state index in [1.54, 1.807) is 12.3 Å². The van der Waals surface area contributed by atoms with Crippen molar-refractivity contribution in [2.45, 2.75) is 12.6 Å². The van der Waals surface area contributed by atoms with Crippen LogP contribution >= 0.6 is 0 Å². The van der Waals surface area contributed by atoms with Crippen LogP contribution in [-0.2, 0) is 12.6 Å². The van der Waals surface area contributed by atoms with Gasteiger partial charge in [0.25, 0.3) is 0 Å². The van der Waals surface area contributed by atoms with Gasteiger partial charge in [-0.1, -0.05) is 36.4 Å². The molecule has 0 saturated carbocycles. The molecule has 4 nitrogen and oxygen atoms in total. The second-order valence-electron chi connectivity index (χ2n) is 5.63. The molecule has 0 saturated heterocycles. The molecule has 0 aliphatic rings. The predicted octanol–water partition coefficient (Wildman–Crippen LogP) is 4.89. The summed E-state index contributed by atoms with van der Waals surface area (Å²) in [5.41, 5.74) is 0.761. The molecule has 0 aliphatic heterocycles. The first-order valence-corrected chi connectivity index (χ1v) is 8.06. The van der Waals surface area contributed by atoms with E-state index in [0.29, 0.717) is 12.4 Å². The standard InChI is InChI=1S/C19H17F3N4/c20-19(21,22)15-7-4-8-16(13-15)25-18-24-12-10-17(26-18)23-11-9-14-5-2-1-3-6-14/h1-8,10,12-13H,9,11H2,(H2,23,24,25,26). The lowest BCUT2D eigenvalue weighted by molar-refractivity contribution is -0.137. The molecule has 26 heavy (non-hydrogen) atoms. The molecule has 1 heterocycles. The van der Waals surface area contributed by atoms with E-state index in [-0.39, 0.29) is 11.6 Å². The fraction of sp³-hybridized carbons (Fsp3) is 0.158. The van der Waals surface area contributed by atoms with Gasteiger partial charge < -0.3 is 10.6 Å². The van der Waals surface area contributed by atoms with Crippen LogP contribution in [0.3, 0.4) is 0 Å². The van der Waals surface area contributed by atoms with E-state index in [0.717, 1.165) is 18.6 Å². The van der Waals surface area contributed by atoms with Crippen molar-refractivity contribution in [3.63, 3.8) is 0 Å². The van der Waals surface area contributed by atoms with Gasteiger partial charge in [0.1, 0.15) is 5.82 Å². The molecule has 2 aromatic carbocycles. The van der Waals surface area contributed by atoms with E-state index < -0.39 is 11.7 Å². The summed E-state index contributed by atoms with van der Waals surface area (Å²) in [6.45, 7) is 0.685. The van der Waals surface area contributed by atoms with Gasteiger partial charge in [0, 0.05) is 18.4 Å². The highest BCUT2D eigenvalue weighted by Gasteiger charge is 2.30. The van der Waals surface area contributed by atoms with Crippen molar-refractivity contribution in [3.05, 3.63) is 78.0 Å². The Hall–Kier alpha value is -3.09. The van der Waals surface area contributed by atoms with Gasteiger partial charge >= 0.3 is 6.18 Å². The Labute approximate surface area is 149 Å². The Morgan fingerprint density at radius 2 is 1.73 bits per heavy atom. The highest BCUT2D eigenvalue weighted by Crippen LogP contribution is 2.31. The van der Waals surface area contributed by atoms with Crippen molar-refractivity contribution in [3.8, 4) is 0 Å². The quantitative estimate of drug-likeness (QED) is 0.658. The molecule has 2 N–H and O–H groups in total. The topological polar surface area (TPSA) is 49.8 Å². The Balaban J connectivity index is 1.62. The Morgan fingerprint density at radius 3 is 2.50 bits per heavy atom. The zero-order valence-electron chi connectivity index (χ0n) is 13.8. The summed E-state index contributed by atoms with van der Waals surface area (Å²) in [6, 6.07) is 16.7. The maximum Gasteiger partial charge on any atom is 0.416 e. The third kappa shape index (κ3) is 4.95. The number of benzene rings is 2. The first-order chi connectivity index (χ1) is 12.5. The smallest absolute Gasteiger partial charge is 0.370 e. The molecule has 7 heteroatoms. The summed E-state index contributed by atoms with van der Waals surface area (Å²) >= 11 is 0. The van der Waals surface area contributed by atoms with Gasteiger partial charge in [0.05, 0.1) is 5.56 Å². The fourth-order valence-corrected chi connectivity index (χ4v) is 2.40. The molecule has 0 radical (unpaired) electrons. The van der Waals surface area contributed by atoms with E-state index in [4.69, 9.17) is 0 Å². The van der Waals surface area contributed by atoms with Crippen molar-refractivity contribution in [2.75, 3.05) is 17.2 Å². The van der Waals surface area contributed by atoms with E-state index in [1.165, 1.54) is 17.7 Å². The van der Waals surface area contributed by atoms with Crippen LogP contribution in [0.2, 0.25) is 0 Å². The number of alkyl halides is 3. The fourth-order valence-electron chi connectivity index (χ4n) is 2.40. The molecule has 0 spiro atoms. The predicted molar refractivity (Wildman–Crippen MR) is 95.4 cm³/mol. The van der Waals surface area contributed by atoms with Gasteiger partial charge in [-0.2, -0.15) is 18.2 Å². The van der Waals surface area contributed by atoms with Gasteiger partial charge in [-0.15, -0.1) is 0 Å². The van der Waals surface area contributed by atoms with Crippen LogP contribution in [0, 0.1) is 0 Å². The number of hydrogen-bond donors (Lipinski definition) is 2. The Bertz CT molecular complexity index is 851. The third-order valence-electron chi connectivity index (χ3n) is 3.66. The molecule has 1 aromatic heterocycles. The molecule has 3 rings (SSSR count). The number of hydrogen-bond acceptors (Lipinski definition) is 4. The van der Waals surface area contributed by atoms with Crippen molar-refractivity contribution in [1.29, 1.82) is 0 Å². The number of aromatic nitrogens is 2. The highest BCUT2D eigenvalue weighted by atomic mass is 19.4. The first-order valence-electron chi connectivity index (χ1n) is 8.06. The number of nitrogens with one attached hydrogen (secondary N) is 2. The summed E-state index contributed by atoms with van der Waals surface area (Å²) in [5, 5.41) is 5.99. The summed E-state index contributed by atoms with van der Waals surface area (Å²) in [5.74, 6) is 0.833.